The van der Waals surface area contributed by atoms with Gasteiger partial charge in [0.2, 0.25) is 5.91 Å². The molecule has 0 spiro atoms. The summed E-state index contributed by atoms with van der Waals surface area (Å²) in [6, 6.07) is 12.5. The third kappa shape index (κ3) is 4.69. The molecule has 1 amide bonds. The summed E-state index contributed by atoms with van der Waals surface area (Å²) >= 11 is 1.72. The van der Waals surface area contributed by atoms with Gasteiger partial charge in [0, 0.05) is 11.4 Å². The molecule has 0 radical (unpaired) electrons. The summed E-state index contributed by atoms with van der Waals surface area (Å²) in [5.74, 6) is 0.0732. The van der Waals surface area contributed by atoms with Crippen LogP contribution < -0.4 is 5.32 Å². The quantitative estimate of drug-likeness (QED) is 0.889. The molecular formula is C17H22N2OS. The molecule has 0 unspecified atom stereocenters. The summed E-state index contributed by atoms with van der Waals surface area (Å²) in [7, 11) is 4.08. The van der Waals surface area contributed by atoms with Crippen LogP contribution in [0.3, 0.4) is 0 Å². The first-order valence-electron chi connectivity index (χ1n) is 7.08. The summed E-state index contributed by atoms with van der Waals surface area (Å²) in [5, 5.41) is 5.12. The zero-order valence-corrected chi connectivity index (χ0v) is 13.6. The van der Waals surface area contributed by atoms with Gasteiger partial charge in [0.25, 0.3) is 0 Å². The molecule has 112 valence electrons. The number of aryl methyl sites for hydroxylation is 1. The number of rotatable bonds is 6. The second-order valence-electron chi connectivity index (χ2n) is 5.46. The van der Waals surface area contributed by atoms with E-state index in [2.05, 4.69) is 27.7 Å². The number of hydrogen-bond acceptors (Lipinski definition) is 3. The lowest BCUT2D eigenvalue weighted by molar-refractivity contribution is -0.120. The Bertz CT molecular complexity index is 578. The van der Waals surface area contributed by atoms with Gasteiger partial charge in [-0.2, -0.15) is 0 Å². The molecule has 0 bridgehead atoms. The lowest BCUT2D eigenvalue weighted by atomic mass is 10.1. The van der Waals surface area contributed by atoms with Gasteiger partial charge in [-0.1, -0.05) is 35.9 Å². The number of carbonyl (C=O) groups excluding carboxylic acids is 1. The highest BCUT2D eigenvalue weighted by Gasteiger charge is 2.16. The maximum Gasteiger partial charge on any atom is 0.224 e. The van der Waals surface area contributed by atoms with Crippen molar-refractivity contribution in [3.05, 3.63) is 57.8 Å². The Kier molecular flexibility index (Phi) is 5.53. The first kappa shape index (κ1) is 15.7. The summed E-state index contributed by atoms with van der Waals surface area (Å²) < 4.78 is 0. The average molecular weight is 302 g/mol. The molecule has 4 heteroatoms. The van der Waals surface area contributed by atoms with E-state index in [1.807, 2.05) is 45.3 Å². The van der Waals surface area contributed by atoms with Crippen molar-refractivity contribution in [2.24, 2.45) is 0 Å². The number of nitrogens with zero attached hydrogens (tertiary/aromatic N) is 1. The van der Waals surface area contributed by atoms with Crippen molar-refractivity contribution in [1.29, 1.82) is 0 Å². The minimum atomic E-state index is 0.0732. The van der Waals surface area contributed by atoms with E-state index >= 15 is 0 Å². The number of likely N-dealkylation sites (N-methyl/N-ethyl adjacent to an activating group) is 1. The van der Waals surface area contributed by atoms with Crippen LogP contribution in [0.1, 0.15) is 22.0 Å². The molecule has 0 fully saturated rings. The highest BCUT2D eigenvalue weighted by atomic mass is 32.1. The van der Waals surface area contributed by atoms with E-state index in [9.17, 15) is 4.79 Å². The molecule has 1 N–H and O–H groups in total. The molecule has 0 aliphatic rings. The van der Waals surface area contributed by atoms with Crippen LogP contribution in [-0.4, -0.2) is 31.4 Å². The maximum atomic E-state index is 12.1. The predicted octanol–water partition coefficient (Wildman–Crippen LogP) is 3.02. The third-order valence-electron chi connectivity index (χ3n) is 3.43. The van der Waals surface area contributed by atoms with Crippen molar-refractivity contribution in [3.8, 4) is 0 Å². The van der Waals surface area contributed by atoms with Crippen molar-refractivity contribution in [1.82, 2.24) is 10.2 Å². The standard InChI is InChI=1S/C17H22N2OS/c1-13-6-4-7-14(10-13)11-17(20)18-12-15(19(2)3)16-8-5-9-21-16/h4-10,15H,11-12H2,1-3H3,(H,18,20)/t15-/m0/s1. The van der Waals surface area contributed by atoms with Gasteiger partial charge < -0.3 is 10.2 Å². The maximum absolute atomic E-state index is 12.1. The van der Waals surface area contributed by atoms with Crippen LogP contribution in [0, 0.1) is 6.92 Å². The molecule has 0 aliphatic carbocycles. The lowest BCUT2D eigenvalue weighted by Crippen LogP contribution is -2.34. The van der Waals surface area contributed by atoms with E-state index in [1.165, 1.54) is 10.4 Å². The monoisotopic (exact) mass is 302 g/mol. The van der Waals surface area contributed by atoms with Crippen LogP contribution >= 0.6 is 11.3 Å². The topological polar surface area (TPSA) is 32.3 Å². The van der Waals surface area contributed by atoms with Crippen LogP contribution in [0.15, 0.2) is 41.8 Å². The summed E-state index contributed by atoms with van der Waals surface area (Å²) in [5.41, 5.74) is 2.25. The van der Waals surface area contributed by atoms with E-state index in [1.54, 1.807) is 11.3 Å². The van der Waals surface area contributed by atoms with Crippen LogP contribution in [0.2, 0.25) is 0 Å². The third-order valence-corrected chi connectivity index (χ3v) is 4.41. The fourth-order valence-electron chi connectivity index (χ4n) is 2.30. The number of amides is 1. The number of benzene rings is 1. The highest BCUT2D eigenvalue weighted by molar-refractivity contribution is 7.10. The van der Waals surface area contributed by atoms with Crippen molar-refractivity contribution < 1.29 is 4.79 Å². The fourth-order valence-corrected chi connectivity index (χ4v) is 3.22. The SMILES string of the molecule is Cc1cccc(CC(=O)NC[C@@H](c2cccs2)N(C)C)c1. The Hall–Kier alpha value is -1.65. The van der Waals surface area contributed by atoms with Crippen molar-refractivity contribution in [3.63, 3.8) is 0 Å². The molecular weight excluding hydrogens is 280 g/mol. The van der Waals surface area contributed by atoms with Crippen LogP contribution in [-0.2, 0) is 11.2 Å². The molecule has 2 aromatic rings. The second-order valence-corrected chi connectivity index (χ2v) is 6.44. The second kappa shape index (κ2) is 7.38. The molecule has 0 saturated heterocycles. The van der Waals surface area contributed by atoms with E-state index in [4.69, 9.17) is 0 Å². The molecule has 0 aliphatic heterocycles. The predicted molar refractivity (Wildman–Crippen MR) is 88.6 cm³/mol. The van der Waals surface area contributed by atoms with Gasteiger partial charge >= 0.3 is 0 Å². The van der Waals surface area contributed by atoms with E-state index in [-0.39, 0.29) is 11.9 Å². The van der Waals surface area contributed by atoms with Crippen molar-refractivity contribution in [2.75, 3.05) is 20.6 Å². The Morgan fingerprint density at radius 2 is 2.10 bits per heavy atom. The van der Waals surface area contributed by atoms with Gasteiger partial charge in [0.15, 0.2) is 0 Å². The molecule has 2 rings (SSSR count). The van der Waals surface area contributed by atoms with Gasteiger partial charge in [-0.05, 0) is 38.0 Å². The molecule has 1 heterocycles. The molecule has 1 atom stereocenters. The zero-order valence-electron chi connectivity index (χ0n) is 12.8. The fraction of sp³-hybridized carbons (Fsp3) is 0.353. The summed E-state index contributed by atoms with van der Waals surface area (Å²) in [4.78, 5) is 15.5. The first-order valence-corrected chi connectivity index (χ1v) is 7.96. The number of carbonyl (C=O) groups is 1. The highest BCUT2D eigenvalue weighted by Crippen LogP contribution is 2.22. The van der Waals surface area contributed by atoms with Gasteiger partial charge in [0.1, 0.15) is 0 Å². The van der Waals surface area contributed by atoms with Crippen molar-refractivity contribution >= 4 is 17.2 Å². The Balaban J connectivity index is 1.90. The number of hydrogen-bond donors (Lipinski definition) is 1. The molecule has 1 aromatic heterocycles. The zero-order chi connectivity index (χ0) is 15.2. The van der Waals surface area contributed by atoms with Crippen LogP contribution in [0.25, 0.3) is 0 Å². The molecule has 21 heavy (non-hydrogen) atoms. The Morgan fingerprint density at radius 1 is 1.29 bits per heavy atom. The Morgan fingerprint density at radius 3 is 2.71 bits per heavy atom. The van der Waals surface area contributed by atoms with Gasteiger partial charge in [-0.15, -0.1) is 11.3 Å². The largest absolute Gasteiger partial charge is 0.354 e. The van der Waals surface area contributed by atoms with E-state index in [0.717, 1.165) is 5.56 Å². The van der Waals surface area contributed by atoms with Crippen molar-refractivity contribution in [2.45, 2.75) is 19.4 Å². The Labute approximate surface area is 130 Å². The summed E-state index contributed by atoms with van der Waals surface area (Å²) in [6.45, 7) is 2.68. The van der Waals surface area contributed by atoms with Gasteiger partial charge in [-0.3, -0.25) is 4.79 Å². The first-order chi connectivity index (χ1) is 10.1. The smallest absolute Gasteiger partial charge is 0.224 e. The molecule has 1 aromatic carbocycles. The van der Waals surface area contributed by atoms with Gasteiger partial charge in [-0.25, -0.2) is 0 Å². The van der Waals surface area contributed by atoms with E-state index in [0.29, 0.717) is 13.0 Å². The van der Waals surface area contributed by atoms with E-state index < -0.39 is 0 Å². The lowest BCUT2D eigenvalue weighted by Gasteiger charge is -2.23. The average Bonchev–Trinajstić information content (AvgIpc) is 2.92. The summed E-state index contributed by atoms with van der Waals surface area (Å²) in [6.07, 6.45) is 0.437. The molecule has 3 nitrogen and oxygen atoms in total. The normalized spacial score (nSPS) is 12.4. The van der Waals surface area contributed by atoms with Crippen LogP contribution in [0.4, 0.5) is 0 Å². The minimum Gasteiger partial charge on any atom is -0.354 e. The van der Waals surface area contributed by atoms with Crippen LogP contribution in [0.5, 0.6) is 0 Å². The number of thiophene rings is 1. The minimum absolute atomic E-state index is 0.0732. The van der Waals surface area contributed by atoms with Gasteiger partial charge in [0.05, 0.1) is 12.5 Å². The number of nitrogens with one attached hydrogen (secondary N) is 1. The molecule has 0 saturated carbocycles.